The number of aromatic nitrogens is 2. The smallest absolute Gasteiger partial charge is 0.0834 e. The first-order valence-electron chi connectivity index (χ1n) is 6.48. The van der Waals surface area contributed by atoms with Gasteiger partial charge < -0.3 is 10.2 Å². The average Bonchev–Trinajstić information content (AvgIpc) is 2.71. The highest BCUT2D eigenvalue weighted by molar-refractivity contribution is 6.31. The van der Waals surface area contributed by atoms with Crippen molar-refractivity contribution in [1.29, 1.82) is 0 Å². The fraction of sp³-hybridized carbons (Fsp3) is 0.769. The highest BCUT2D eigenvalue weighted by atomic mass is 35.5. The molecule has 0 aliphatic carbocycles. The second-order valence-corrected chi connectivity index (χ2v) is 5.43. The molecule has 0 aliphatic rings. The van der Waals surface area contributed by atoms with Crippen LogP contribution < -0.4 is 5.32 Å². The quantitative estimate of drug-likeness (QED) is 0.864. The van der Waals surface area contributed by atoms with Crippen molar-refractivity contribution in [3.05, 3.63) is 16.9 Å². The normalized spacial score (nSPS) is 16.9. The lowest BCUT2D eigenvalue weighted by Gasteiger charge is -2.42. The first-order chi connectivity index (χ1) is 8.42. The Morgan fingerprint density at radius 2 is 2.11 bits per heavy atom. The minimum absolute atomic E-state index is 0.00859. The van der Waals surface area contributed by atoms with Gasteiger partial charge in [0.2, 0.25) is 0 Å². The van der Waals surface area contributed by atoms with E-state index >= 15 is 0 Å². The van der Waals surface area contributed by atoms with Gasteiger partial charge >= 0.3 is 0 Å². The van der Waals surface area contributed by atoms with Crippen molar-refractivity contribution in [3.63, 3.8) is 0 Å². The highest BCUT2D eigenvalue weighted by Gasteiger charge is 2.37. The van der Waals surface area contributed by atoms with E-state index < -0.39 is 0 Å². The van der Waals surface area contributed by atoms with Gasteiger partial charge in [-0.05, 0) is 41.4 Å². The van der Waals surface area contributed by atoms with Gasteiger partial charge in [0.1, 0.15) is 0 Å². The van der Waals surface area contributed by atoms with E-state index in [1.807, 2.05) is 11.7 Å². The maximum Gasteiger partial charge on any atom is 0.0834 e. The molecule has 1 rings (SSSR count). The third kappa shape index (κ3) is 2.56. The second kappa shape index (κ2) is 6.04. The van der Waals surface area contributed by atoms with Gasteiger partial charge in [0.25, 0.3) is 0 Å². The number of halogens is 1. The number of aryl methyl sites for hydroxylation is 1. The molecule has 0 fully saturated rings. The summed E-state index contributed by atoms with van der Waals surface area (Å²) in [5, 5.41) is 8.48. The van der Waals surface area contributed by atoms with E-state index in [-0.39, 0.29) is 11.6 Å². The molecule has 18 heavy (non-hydrogen) atoms. The monoisotopic (exact) mass is 272 g/mol. The maximum absolute atomic E-state index is 6.32. The summed E-state index contributed by atoms with van der Waals surface area (Å²) in [6.45, 7) is 7.36. The van der Waals surface area contributed by atoms with Crippen molar-refractivity contribution in [1.82, 2.24) is 20.0 Å². The summed E-state index contributed by atoms with van der Waals surface area (Å²) in [6.07, 6.45) is 2.76. The molecule has 4 nitrogen and oxygen atoms in total. The van der Waals surface area contributed by atoms with Gasteiger partial charge in [-0.2, -0.15) is 5.10 Å². The second-order valence-electron chi connectivity index (χ2n) is 5.02. The van der Waals surface area contributed by atoms with Gasteiger partial charge in [0.15, 0.2) is 0 Å². The summed E-state index contributed by atoms with van der Waals surface area (Å²) >= 11 is 6.32. The highest BCUT2D eigenvalue weighted by Crippen LogP contribution is 2.35. The fourth-order valence-electron chi connectivity index (χ4n) is 2.43. The molecule has 1 aromatic heterocycles. The third-order valence-corrected chi connectivity index (χ3v) is 4.35. The molecule has 5 heteroatoms. The molecule has 0 spiro atoms. The number of nitrogens with zero attached hydrogens (tertiary/aromatic N) is 3. The van der Waals surface area contributed by atoms with E-state index in [2.05, 4.69) is 50.2 Å². The van der Waals surface area contributed by atoms with E-state index in [4.69, 9.17) is 11.6 Å². The Morgan fingerprint density at radius 1 is 1.50 bits per heavy atom. The molecule has 0 bridgehead atoms. The zero-order valence-corrected chi connectivity index (χ0v) is 13.0. The van der Waals surface area contributed by atoms with Crippen LogP contribution in [0.4, 0.5) is 0 Å². The van der Waals surface area contributed by atoms with Crippen LogP contribution in [-0.2, 0) is 6.54 Å². The molecule has 1 heterocycles. The van der Waals surface area contributed by atoms with E-state index in [0.29, 0.717) is 0 Å². The molecule has 0 radical (unpaired) electrons. The molecule has 0 saturated carbocycles. The predicted octanol–water partition coefficient (Wildman–Crippen LogP) is 2.55. The van der Waals surface area contributed by atoms with Crippen LogP contribution in [0.3, 0.4) is 0 Å². The number of hydrogen-bond donors (Lipinski definition) is 1. The Kier molecular flexibility index (Phi) is 5.20. The maximum atomic E-state index is 6.32. The topological polar surface area (TPSA) is 33.1 Å². The van der Waals surface area contributed by atoms with Crippen molar-refractivity contribution >= 4 is 11.6 Å². The summed E-state index contributed by atoms with van der Waals surface area (Å²) in [4.78, 5) is 2.25. The Hall–Kier alpha value is -0.580. The molecule has 104 valence electrons. The van der Waals surface area contributed by atoms with Gasteiger partial charge in [0, 0.05) is 12.1 Å². The van der Waals surface area contributed by atoms with E-state index in [0.717, 1.165) is 23.7 Å². The van der Waals surface area contributed by atoms with E-state index in [9.17, 15) is 0 Å². The molecule has 1 aromatic rings. The van der Waals surface area contributed by atoms with Crippen molar-refractivity contribution < 1.29 is 0 Å². The van der Waals surface area contributed by atoms with Gasteiger partial charge in [-0.15, -0.1) is 0 Å². The first kappa shape index (κ1) is 15.5. The molecule has 0 aliphatic heterocycles. The van der Waals surface area contributed by atoms with E-state index in [1.54, 1.807) is 6.20 Å². The number of nitrogens with one attached hydrogen (secondary N) is 1. The van der Waals surface area contributed by atoms with E-state index in [1.165, 1.54) is 0 Å². The summed E-state index contributed by atoms with van der Waals surface area (Å²) in [7, 11) is 6.19. The van der Waals surface area contributed by atoms with Crippen molar-refractivity contribution in [2.45, 2.75) is 45.3 Å². The predicted molar refractivity (Wildman–Crippen MR) is 77.1 cm³/mol. The van der Waals surface area contributed by atoms with Crippen molar-refractivity contribution in [2.75, 3.05) is 21.1 Å². The lowest BCUT2D eigenvalue weighted by molar-refractivity contribution is 0.112. The largest absolute Gasteiger partial charge is 0.310 e. The zero-order valence-electron chi connectivity index (χ0n) is 12.3. The van der Waals surface area contributed by atoms with Gasteiger partial charge in [-0.3, -0.25) is 4.68 Å². The minimum Gasteiger partial charge on any atom is -0.310 e. The molecule has 0 saturated heterocycles. The first-order valence-corrected chi connectivity index (χ1v) is 6.86. The Balaban J connectivity index is 3.28. The van der Waals surface area contributed by atoms with Crippen molar-refractivity contribution in [2.24, 2.45) is 0 Å². The van der Waals surface area contributed by atoms with Crippen LogP contribution in [-0.4, -0.2) is 41.4 Å². The lowest BCUT2D eigenvalue weighted by atomic mass is 9.86. The number of rotatable bonds is 6. The molecule has 1 N–H and O–H groups in total. The third-order valence-electron chi connectivity index (χ3n) is 4.05. The number of likely N-dealkylation sites (N-methyl/N-ethyl adjacent to an activating group) is 2. The van der Waals surface area contributed by atoms with Crippen LogP contribution in [0.2, 0.25) is 5.02 Å². The van der Waals surface area contributed by atoms with Crippen LogP contribution in [0.5, 0.6) is 0 Å². The fourth-order valence-corrected chi connectivity index (χ4v) is 2.68. The minimum atomic E-state index is -0.00859. The lowest BCUT2D eigenvalue weighted by Crippen LogP contribution is -2.51. The molecule has 0 amide bonds. The Morgan fingerprint density at radius 3 is 2.50 bits per heavy atom. The summed E-state index contributed by atoms with van der Waals surface area (Å²) in [5.41, 5.74) is 1.06. The van der Waals surface area contributed by atoms with Crippen LogP contribution in [0, 0.1) is 0 Å². The molecule has 2 unspecified atom stereocenters. The average molecular weight is 273 g/mol. The van der Waals surface area contributed by atoms with Crippen LogP contribution in [0.1, 0.15) is 38.9 Å². The summed E-state index contributed by atoms with van der Waals surface area (Å²) in [6, 6.07) is 0.146. The molecule has 2 atom stereocenters. The zero-order chi connectivity index (χ0) is 13.9. The number of hydrogen-bond acceptors (Lipinski definition) is 3. The Labute approximate surface area is 115 Å². The van der Waals surface area contributed by atoms with Gasteiger partial charge in [-0.1, -0.05) is 18.5 Å². The van der Waals surface area contributed by atoms with Crippen LogP contribution in [0.15, 0.2) is 6.20 Å². The van der Waals surface area contributed by atoms with Gasteiger partial charge in [-0.25, -0.2) is 0 Å². The molecule has 0 aromatic carbocycles. The molecular formula is C13H25ClN4. The molecular weight excluding hydrogens is 248 g/mol. The summed E-state index contributed by atoms with van der Waals surface area (Å²) < 4.78 is 1.97. The standard InChI is InChI=1S/C13H25ClN4/c1-7-13(3,17(5)6)12(15-4)11-10(14)9-16-18(11)8-2/h9,12,15H,7-8H2,1-6H3. The SMILES string of the molecule is CCn1ncc(Cl)c1C(NC)C(C)(CC)N(C)C. The van der Waals surface area contributed by atoms with Crippen LogP contribution in [0.25, 0.3) is 0 Å². The van der Waals surface area contributed by atoms with Gasteiger partial charge in [0.05, 0.1) is 23.0 Å². The summed E-state index contributed by atoms with van der Waals surface area (Å²) in [5.74, 6) is 0. The van der Waals surface area contributed by atoms with Crippen LogP contribution >= 0.6 is 11.6 Å². The Bertz CT molecular complexity index is 388. The van der Waals surface area contributed by atoms with Crippen molar-refractivity contribution in [3.8, 4) is 0 Å².